The predicted octanol–water partition coefficient (Wildman–Crippen LogP) is 4.31. The number of methoxy groups -OCH3 is 1. The highest BCUT2D eigenvalue weighted by Gasteiger charge is 2.09. The summed E-state index contributed by atoms with van der Waals surface area (Å²) in [4.78, 5) is 0. The molecule has 0 fully saturated rings. The summed E-state index contributed by atoms with van der Waals surface area (Å²) in [5.41, 5.74) is 2.43. The molecular formula is C16H18BrNO. The van der Waals surface area contributed by atoms with Gasteiger partial charge in [-0.2, -0.15) is 0 Å². The molecule has 0 aliphatic rings. The maximum absolute atomic E-state index is 5.36. The number of hydrogen-bond donors (Lipinski definition) is 1. The van der Waals surface area contributed by atoms with E-state index in [1.54, 1.807) is 7.11 Å². The highest BCUT2D eigenvalue weighted by molar-refractivity contribution is 9.10. The van der Waals surface area contributed by atoms with Gasteiger partial charge in [0.15, 0.2) is 0 Å². The Morgan fingerprint density at radius 3 is 2.53 bits per heavy atom. The van der Waals surface area contributed by atoms with Crippen molar-refractivity contribution in [3.05, 3.63) is 64.1 Å². The van der Waals surface area contributed by atoms with Gasteiger partial charge in [-0.15, -0.1) is 0 Å². The molecule has 1 unspecified atom stereocenters. The summed E-state index contributed by atoms with van der Waals surface area (Å²) < 4.78 is 6.49. The van der Waals surface area contributed by atoms with Crippen LogP contribution in [0.5, 0.6) is 5.75 Å². The number of halogens is 1. The van der Waals surface area contributed by atoms with Crippen LogP contribution in [0.3, 0.4) is 0 Å². The summed E-state index contributed by atoms with van der Waals surface area (Å²) in [5, 5.41) is 3.52. The first-order valence-electron chi connectivity index (χ1n) is 6.32. The molecule has 0 heterocycles. The first-order chi connectivity index (χ1) is 9.22. The molecule has 2 aromatic carbocycles. The number of rotatable bonds is 5. The summed E-state index contributed by atoms with van der Waals surface area (Å²) in [5.74, 6) is 0.925. The Hall–Kier alpha value is -1.32. The van der Waals surface area contributed by atoms with E-state index < -0.39 is 0 Å². The normalized spacial score (nSPS) is 12.2. The largest absolute Gasteiger partial charge is 0.496 e. The Bertz CT molecular complexity index is 542. The van der Waals surface area contributed by atoms with Crippen molar-refractivity contribution in [3.8, 4) is 5.75 Å². The Morgan fingerprint density at radius 2 is 1.79 bits per heavy atom. The molecule has 0 bridgehead atoms. The van der Waals surface area contributed by atoms with Crippen molar-refractivity contribution in [3.63, 3.8) is 0 Å². The quantitative estimate of drug-likeness (QED) is 0.886. The molecule has 0 aliphatic carbocycles. The topological polar surface area (TPSA) is 21.3 Å². The van der Waals surface area contributed by atoms with Crippen LogP contribution in [0.15, 0.2) is 53.0 Å². The van der Waals surface area contributed by atoms with Crippen molar-refractivity contribution in [2.24, 2.45) is 0 Å². The zero-order valence-electron chi connectivity index (χ0n) is 11.2. The van der Waals surface area contributed by atoms with Gasteiger partial charge in [0.05, 0.1) is 7.11 Å². The minimum atomic E-state index is 0.278. The molecule has 0 aromatic heterocycles. The van der Waals surface area contributed by atoms with Gasteiger partial charge in [0, 0.05) is 22.6 Å². The van der Waals surface area contributed by atoms with E-state index in [2.05, 4.69) is 52.4 Å². The second-order valence-corrected chi connectivity index (χ2v) is 5.29. The van der Waals surface area contributed by atoms with E-state index in [9.17, 15) is 0 Å². The van der Waals surface area contributed by atoms with Gasteiger partial charge in [-0.3, -0.25) is 0 Å². The molecule has 100 valence electrons. The lowest BCUT2D eigenvalue weighted by Crippen LogP contribution is -2.18. The summed E-state index contributed by atoms with van der Waals surface area (Å²) in [6, 6.07) is 16.6. The van der Waals surface area contributed by atoms with E-state index in [-0.39, 0.29) is 6.04 Å². The minimum Gasteiger partial charge on any atom is -0.496 e. The zero-order chi connectivity index (χ0) is 13.7. The fourth-order valence-electron chi connectivity index (χ4n) is 2.05. The SMILES string of the molecule is COc1ccccc1CNC(C)c1ccccc1Br. The van der Waals surface area contributed by atoms with Crippen LogP contribution in [0.2, 0.25) is 0 Å². The molecule has 2 rings (SSSR count). The van der Waals surface area contributed by atoms with Gasteiger partial charge in [-0.25, -0.2) is 0 Å². The summed E-state index contributed by atoms with van der Waals surface area (Å²) in [6.07, 6.45) is 0. The lowest BCUT2D eigenvalue weighted by molar-refractivity contribution is 0.406. The predicted molar refractivity (Wildman–Crippen MR) is 82.4 cm³/mol. The third-order valence-corrected chi connectivity index (χ3v) is 3.89. The van der Waals surface area contributed by atoms with Gasteiger partial charge in [0.1, 0.15) is 5.75 Å². The highest BCUT2D eigenvalue weighted by Crippen LogP contribution is 2.24. The van der Waals surface area contributed by atoms with Crippen LogP contribution in [0.4, 0.5) is 0 Å². The van der Waals surface area contributed by atoms with E-state index in [0.29, 0.717) is 0 Å². The summed E-state index contributed by atoms with van der Waals surface area (Å²) in [6.45, 7) is 2.95. The van der Waals surface area contributed by atoms with Crippen molar-refractivity contribution in [1.82, 2.24) is 5.32 Å². The maximum atomic E-state index is 5.36. The molecule has 2 aromatic rings. The lowest BCUT2D eigenvalue weighted by atomic mass is 10.1. The first-order valence-corrected chi connectivity index (χ1v) is 7.11. The smallest absolute Gasteiger partial charge is 0.123 e. The van der Waals surface area contributed by atoms with Crippen molar-refractivity contribution in [1.29, 1.82) is 0 Å². The standard InChI is InChI=1S/C16H18BrNO/c1-12(14-8-4-5-9-15(14)17)18-11-13-7-3-6-10-16(13)19-2/h3-10,12,18H,11H2,1-2H3. The molecule has 0 saturated carbocycles. The van der Waals surface area contributed by atoms with Crippen LogP contribution in [0.1, 0.15) is 24.1 Å². The molecule has 0 amide bonds. The molecule has 19 heavy (non-hydrogen) atoms. The summed E-state index contributed by atoms with van der Waals surface area (Å²) >= 11 is 3.59. The second-order valence-electron chi connectivity index (χ2n) is 4.44. The molecule has 1 atom stereocenters. The van der Waals surface area contributed by atoms with E-state index in [4.69, 9.17) is 4.74 Å². The third-order valence-electron chi connectivity index (χ3n) is 3.16. The van der Waals surface area contributed by atoms with Crippen molar-refractivity contribution >= 4 is 15.9 Å². The minimum absolute atomic E-state index is 0.278. The monoisotopic (exact) mass is 319 g/mol. The third kappa shape index (κ3) is 3.58. The Morgan fingerprint density at radius 1 is 1.11 bits per heavy atom. The Balaban J connectivity index is 2.04. The maximum Gasteiger partial charge on any atom is 0.123 e. The van der Waals surface area contributed by atoms with Crippen LogP contribution in [-0.2, 0) is 6.54 Å². The summed E-state index contributed by atoms with van der Waals surface area (Å²) in [7, 11) is 1.70. The fraction of sp³-hybridized carbons (Fsp3) is 0.250. The van der Waals surface area contributed by atoms with E-state index in [1.807, 2.05) is 24.3 Å². The fourth-order valence-corrected chi connectivity index (χ4v) is 2.68. The van der Waals surface area contributed by atoms with Crippen LogP contribution in [0, 0.1) is 0 Å². The van der Waals surface area contributed by atoms with Crippen LogP contribution >= 0.6 is 15.9 Å². The zero-order valence-corrected chi connectivity index (χ0v) is 12.8. The molecule has 0 radical (unpaired) electrons. The van der Waals surface area contributed by atoms with Gasteiger partial charge < -0.3 is 10.1 Å². The number of ether oxygens (including phenoxy) is 1. The number of nitrogens with one attached hydrogen (secondary N) is 1. The van der Waals surface area contributed by atoms with Gasteiger partial charge in [0.2, 0.25) is 0 Å². The number of benzene rings is 2. The average Bonchev–Trinajstić information content (AvgIpc) is 2.45. The van der Waals surface area contributed by atoms with Gasteiger partial charge in [-0.1, -0.05) is 52.3 Å². The molecular weight excluding hydrogens is 302 g/mol. The second kappa shape index (κ2) is 6.73. The number of hydrogen-bond acceptors (Lipinski definition) is 2. The molecule has 0 saturated heterocycles. The van der Waals surface area contributed by atoms with Gasteiger partial charge in [0.25, 0.3) is 0 Å². The first kappa shape index (κ1) is 14.1. The van der Waals surface area contributed by atoms with E-state index in [0.717, 1.165) is 16.8 Å². The Kier molecular flexibility index (Phi) is 5.00. The molecule has 2 nitrogen and oxygen atoms in total. The van der Waals surface area contributed by atoms with Crippen molar-refractivity contribution in [2.45, 2.75) is 19.5 Å². The van der Waals surface area contributed by atoms with E-state index in [1.165, 1.54) is 11.1 Å². The highest BCUT2D eigenvalue weighted by atomic mass is 79.9. The average molecular weight is 320 g/mol. The molecule has 3 heteroatoms. The van der Waals surface area contributed by atoms with Crippen molar-refractivity contribution < 1.29 is 4.74 Å². The van der Waals surface area contributed by atoms with Crippen LogP contribution in [0.25, 0.3) is 0 Å². The lowest BCUT2D eigenvalue weighted by Gasteiger charge is -2.17. The number of para-hydroxylation sites is 1. The Labute approximate surface area is 122 Å². The molecule has 1 N–H and O–H groups in total. The van der Waals surface area contributed by atoms with Gasteiger partial charge in [-0.05, 0) is 24.6 Å². The van der Waals surface area contributed by atoms with Crippen LogP contribution in [-0.4, -0.2) is 7.11 Å². The van der Waals surface area contributed by atoms with Crippen LogP contribution < -0.4 is 10.1 Å². The molecule has 0 spiro atoms. The van der Waals surface area contributed by atoms with Gasteiger partial charge >= 0.3 is 0 Å². The van der Waals surface area contributed by atoms with Crippen molar-refractivity contribution in [2.75, 3.05) is 7.11 Å². The molecule has 0 aliphatic heterocycles. The van der Waals surface area contributed by atoms with E-state index >= 15 is 0 Å².